The Balaban J connectivity index is 2.17. The molecule has 1 unspecified atom stereocenters. The Bertz CT molecular complexity index is 636. The Labute approximate surface area is 123 Å². The zero-order chi connectivity index (χ0) is 15.4. The van der Waals surface area contributed by atoms with Crippen molar-refractivity contribution in [3.05, 3.63) is 35.5 Å². The summed E-state index contributed by atoms with van der Waals surface area (Å²) in [7, 11) is 3.18. The zero-order valence-electron chi connectivity index (χ0n) is 12.5. The molecule has 1 aromatic heterocycles. The highest BCUT2D eigenvalue weighted by Crippen LogP contribution is 2.28. The van der Waals surface area contributed by atoms with Gasteiger partial charge in [-0.2, -0.15) is 4.98 Å². The molecule has 6 nitrogen and oxygen atoms in total. The third kappa shape index (κ3) is 3.39. The van der Waals surface area contributed by atoms with E-state index in [9.17, 15) is 4.79 Å². The van der Waals surface area contributed by atoms with E-state index >= 15 is 0 Å². The maximum absolute atomic E-state index is 11.3. The molecule has 0 aliphatic heterocycles. The summed E-state index contributed by atoms with van der Waals surface area (Å²) in [5, 5.41) is 3.90. The van der Waals surface area contributed by atoms with Gasteiger partial charge in [0.05, 0.1) is 20.1 Å². The summed E-state index contributed by atoms with van der Waals surface area (Å²) in [6.45, 7) is 3.25. The number of benzene rings is 1. The summed E-state index contributed by atoms with van der Waals surface area (Å²) < 4.78 is 15.6. The van der Waals surface area contributed by atoms with Gasteiger partial charge in [0, 0.05) is 6.42 Å². The molecule has 0 amide bonds. The minimum absolute atomic E-state index is 0.00341. The van der Waals surface area contributed by atoms with Crippen LogP contribution in [0.2, 0.25) is 0 Å². The van der Waals surface area contributed by atoms with Crippen LogP contribution in [0.3, 0.4) is 0 Å². The minimum Gasteiger partial charge on any atom is -0.493 e. The first-order valence-electron chi connectivity index (χ1n) is 6.59. The zero-order valence-corrected chi connectivity index (χ0v) is 12.5. The first-order valence-corrected chi connectivity index (χ1v) is 6.59. The van der Waals surface area contributed by atoms with Crippen LogP contribution in [0.25, 0.3) is 0 Å². The molecule has 0 spiro atoms. The van der Waals surface area contributed by atoms with Crippen LogP contribution < -0.4 is 9.47 Å². The molecule has 0 saturated heterocycles. The molecule has 0 saturated carbocycles. The van der Waals surface area contributed by atoms with Gasteiger partial charge in [-0.05, 0) is 31.5 Å². The van der Waals surface area contributed by atoms with E-state index in [0.29, 0.717) is 29.6 Å². The fourth-order valence-corrected chi connectivity index (χ4v) is 1.86. The van der Waals surface area contributed by atoms with E-state index in [1.54, 1.807) is 21.1 Å². The number of carbonyl (C=O) groups is 1. The van der Waals surface area contributed by atoms with Gasteiger partial charge in [-0.15, -0.1) is 0 Å². The second-order valence-corrected chi connectivity index (χ2v) is 4.75. The third-order valence-electron chi connectivity index (χ3n) is 3.27. The predicted molar refractivity (Wildman–Crippen MR) is 75.7 cm³/mol. The lowest BCUT2D eigenvalue weighted by atomic mass is 10.1. The van der Waals surface area contributed by atoms with E-state index in [2.05, 4.69) is 10.1 Å². The van der Waals surface area contributed by atoms with Gasteiger partial charge in [-0.25, -0.2) is 0 Å². The van der Waals surface area contributed by atoms with Gasteiger partial charge in [0.25, 0.3) is 0 Å². The predicted octanol–water partition coefficient (Wildman–Crippen LogP) is 2.37. The lowest BCUT2D eigenvalue weighted by molar-refractivity contribution is -0.118. The molecule has 21 heavy (non-hydrogen) atoms. The van der Waals surface area contributed by atoms with E-state index in [4.69, 9.17) is 14.0 Å². The molecule has 0 fully saturated rings. The molecule has 0 radical (unpaired) electrons. The minimum atomic E-state index is -0.378. The standard InChI is InChI=1S/C15H18N2O4/c1-9(10(2)18)15-16-14(17-21-15)8-11-5-6-12(19-3)13(7-11)20-4/h5-7,9H,8H2,1-4H3. The van der Waals surface area contributed by atoms with E-state index in [-0.39, 0.29) is 11.7 Å². The van der Waals surface area contributed by atoms with Crippen LogP contribution in [0.4, 0.5) is 0 Å². The maximum Gasteiger partial charge on any atom is 0.236 e. The van der Waals surface area contributed by atoms with E-state index in [0.717, 1.165) is 5.56 Å². The molecule has 112 valence electrons. The van der Waals surface area contributed by atoms with E-state index in [1.807, 2.05) is 18.2 Å². The summed E-state index contributed by atoms with van der Waals surface area (Å²) in [6, 6.07) is 5.60. The van der Waals surface area contributed by atoms with Crippen molar-refractivity contribution in [3.8, 4) is 11.5 Å². The summed E-state index contributed by atoms with van der Waals surface area (Å²) in [4.78, 5) is 15.6. The topological polar surface area (TPSA) is 74.5 Å². The first kappa shape index (κ1) is 15.0. The Morgan fingerprint density at radius 2 is 2.00 bits per heavy atom. The summed E-state index contributed by atoms with van der Waals surface area (Å²) in [6.07, 6.45) is 0.495. The molecule has 0 aliphatic rings. The van der Waals surface area contributed by atoms with Crippen molar-refractivity contribution in [1.29, 1.82) is 0 Å². The molecule has 2 aromatic rings. The highest BCUT2D eigenvalue weighted by atomic mass is 16.5. The molecule has 0 aliphatic carbocycles. The number of rotatable bonds is 6. The van der Waals surface area contributed by atoms with Gasteiger partial charge in [0.1, 0.15) is 5.78 Å². The number of carbonyl (C=O) groups excluding carboxylic acids is 1. The second kappa shape index (κ2) is 6.39. The van der Waals surface area contributed by atoms with Gasteiger partial charge in [-0.3, -0.25) is 4.79 Å². The molecule has 0 N–H and O–H groups in total. The van der Waals surface area contributed by atoms with Gasteiger partial charge in [-0.1, -0.05) is 11.2 Å². The summed E-state index contributed by atoms with van der Waals surface area (Å²) in [5.41, 5.74) is 0.968. The van der Waals surface area contributed by atoms with Gasteiger partial charge in [0.2, 0.25) is 5.89 Å². The number of aromatic nitrogens is 2. The highest BCUT2D eigenvalue weighted by molar-refractivity contribution is 5.81. The van der Waals surface area contributed by atoms with Gasteiger partial charge < -0.3 is 14.0 Å². The van der Waals surface area contributed by atoms with Gasteiger partial charge >= 0.3 is 0 Å². The Kier molecular flexibility index (Phi) is 4.57. The van der Waals surface area contributed by atoms with Crippen LogP contribution in [-0.2, 0) is 11.2 Å². The Morgan fingerprint density at radius 1 is 1.29 bits per heavy atom. The van der Waals surface area contributed by atoms with Gasteiger partial charge in [0.15, 0.2) is 17.3 Å². The number of Topliss-reactive ketones (excluding diaryl/α,β-unsaturated/α-hetero) is 1. The molecule has 1 aromatic carbocycles. The van der Waals surface area contributed by atoms with E-state index in [1.165, 1.54) is 6.92 Å². The SMILES string of the molecule is COc1ccc(Cc2noc(C(C)C(C)=O)n2)cc1OC. The quantitative estimate of drug-likeness (QED) is 0.813. The average Bonchev–Trinajstić information content (AvgIpc) is 2.94. The largest absolute Gasteiger partial charge is 0.493 e. The van der Waals surface area contributed by atoms with Crippen LogP contribution in [0.1, 0.15) is 37.0 Å². The first-order chi connectivity index (χ1) is 10.0. The molecular weight excluding hydrogens is 272 g/mol. The fourth-order valence-electron chi connectivity index (χ4n) is 1.86. The number of hydrogen-bond donors (Lipinski definition) is 0. The third-order valence-corrected chi connectivity index (χ3v) is 3.27. The van der Waals surface area contributed by atoms with Crippen LogP contribution >= 0.6 is 0 Å². The van der Waals surface area contributed by atoms with Crippen molar-refractivity contribution in [2.75, 3.05) is 14.2 Å². The smallest absolute Gasteiger partial charge is 0.236 e. The van der Waals surface area contributed by atoms with Crippen LogP contribution in [-0.4, -0.2) is 30.1 Å². The number of methoxy groups -OCH3 is 2. The Hall–Kier alpha value is -2.37. The van der Waals surface area contributed by atoms with Crippen molar-refractivity contribution in [1.82, 2.24) is 10.1 Å². The summed E-state index contributed by atoms with van der Waals surface area (Å²) in [5.74, 6) is 1.81. The molecular formula is C15H18N2O4. The fraction of sp³-hybridized carbons (Fsp3) is 0.400. The lowest BCUT2D eigenvalue weighted by Gasteiger charge is -2.08. The number of ether oxygens (including phenoxy) is 2. The molecule has 2 rings (SSSR count). The Morgan fingerprint density at radius 3 is 2.62 bits per heavy atom. The normalized spacial score (nSPS) is 12.0. The summed E-state index contributed by atoms with van der Waals surface area (Å²) >= 11 is 0. The van der Waals surface area contributed by atoms with Crippen molar-refractivity contribution in [2.45, 2.75) is 26.2 Å². The molecule has 1 heterocycles. The second-order valence-electron chi connectivity index (χ2n) is 4.75. The molecule has 6 heteroatoms. The van der Waals surface area contributed by atoms with Crippen LogP contribution in [0, 0.1) is 0 Å². The van der Waals surface area contributed by atoms with Crippen molar-refractivity contribution >= 4 is 5.78 Å². The van der Waals surface area contributed by atoms with Crippen molar-refractivity contribution in [2.24, 2.45) is 0 Å². The number of ketones is 1. The maximum atomic E-state index is 11.3. The van der Waals surface area contributed by atoms with E-state index < -0.39 is 0 Å². The average molecular weight is 290 g/mol. The number of hydrogen-bond acceptors (Lipinski definition) is 6. The highest BCUT2D eigenvalue weighted by Gasteiger charge is 2.18. The lowest BCUT2D eigenvalue weighted by Crippen LogP contribution is -2.04. The molecule has 1 atom stereocenters. The van der Waals surface area contributed by atoms with Crippen LogP contribution in [0.5, 0.6) is 11.5 Å². The van der Waals surface area contributed by atoms with Crippen LogP contribution in [0.15, 0.2) is 22.7 Å². The van der Waals surface area contributed by atoms with Crippen molar-refractivity contribution in [3.63, 3.8) is 0 Å². The van der Waals surface area contributed by atoms with Crippen molar-refractivity contribution < 1.29 is 18.8 Å². The molecule has 0 bridgehead atoms. The monoisotopic (exact) mass is 290 g/mol. The number of nitrogens with zero attached hydrogens (tertiary/aromatic N) is 2.